The highest BCUT2D eigenvalue weighted by Gasteiger charge is 2.22. The zero-order valence-electron chi connectivity index (χ0n) is 17.2. The Hall–Kier alpha value is -1.05. The van der Waals surface area contributed by atoms with Gasteiger partial charge < -0.3 is 21.1 Å². The second-order valence-electron chi connectivity index (χ2n) is 7.31. The van der Waals surface area contributed by atoms with E-state index in [-0.39, 0.29) is 12.2 Å². The van der Waals surface area contributed by atoms with E-state index >= 15 is 0 Å². The molecule has 0 aromatic heterocycles. The second kappa shape index (κ2) is 18.0. The Labute approximate surface area is 174 Å². The van der Waals surface area contributed by atoms with E-state index in [2.05, 4.69) is 6.92 Å². The van der Waals surface area contributed by atoms with Gasteiger partial charge in [-0.15, -0.1) is 11.8 Å². The maximum Gasteiger partial charge on any atom is 0.321 e. The van der Waals surface area contributed by atoms with E-state index in [0.29, 0.717) is 0 Å². The Kier molecular flexibility index (Phi) is 17.3. The molecule has 0 rings (SSSR count). The molecule has 0 aromatic rings. The van der Waals surface area contributed by atoms with Crippen molar-refractivity contribution in [2.24, 2.45) is 5.73 Å². The number of thioether (sulfide) groups is 1. The molecule has 0 aromatic carbocycles. The van der Waals surface area contributed by atoms with Crippen LogP contribution in [0.4, 0.5) is 0 Å². The van der Waals surface area contributed by atoms with Gasteiger partial charge in [-0.2, -0.15) is 0 Å². The molecular weight excluding hydrogens is 378 g/mol. The molecule has 28 heavy (non-hydrogen) atoms. The number of hydrogen-bond donors (Lipinski definition) is 4. The van der Waals surface area contributed by atoms with Crippen LogP contribution in [0, 0.1) is 0 Å². The molecule has 0 spiro atoms. The number of unbranched alkanes of at least 4 members (excludes halogenated alkanes) is 10. The fraction of sp³-hybridized carbons (Fsp3) is 0.810. The van der Waals surface area contributed by atoms with Crippen LogP contribution in [0.5, 0.6) is 0 Å². The average molecular weight is 418 g/mol. The maximum atomic E-state index is 10.8. The van der Waals surface area contributed by atoms with E-state index in [4.69, 9.17) is 15.9 Å². The molecule has 0 radical (unpaired) electrons. The predicted octanol–water partition coefficient (Wildman–Crippen LogP) is 4.20. The van der Waals surface area contributed by atoms with Crippen molar-refractivity contribution in [3.8, 4) is 0 Å². The van der Waals surface area contributed by atoms with Crippen LogP contribution in [0.3, 0.4) is 0 Å². The van der Waals surface area contributed by atoms with E-state index in [1.807, 2.05) is 6.08 Å². The molecule has 5 N–H and O–H groups in total. The van der Waals surface area contributed by atoms with Crippen LogP contribution >= 0.6 is 11.8 Å². The summed E-state index contributed by atoms with van der Waals surface area (Å²) in [6.45, 7) is 2.23. The van der Waals surface area contributed by atoms with Gasteiger partial charge in [0, 0.05) is 11.0 Å². The molecule has 0 aliphatic heterocycles. The summed E-state index contributed by atoms with van der Waals surface area (Å²) in [6.07, 6.45) is 15.9. The fourth-order valence-corrected chi connectivity index (χ4v) is 3.97. The van der Waals surface area contributed by atoms with Gasteiger partial charge in [-0.1, -0.05) is 76.9 Å². The molecule has 0 aliphatic carbocycles. The van der Waals surface area contributed by atoms with Crippen LogP contribution in [0.1, 0.15) is 84.0 Å². The summed E-state index contributed by atoms with van der Waals surface area (Å²) in [5.41, 5.74) is 5.49. The van der Waals surface area contributed by atoms with Gasteiger partial charge in [0.15, 0.2) is 0 Å². The van der Waals surface area contributed by atoms with Gasteiger partial charge in [-0.25, -0.2) is 0 Å². The smallest absolute Gasteiger partial charge is 0.321 e. The highest BCUT2D eigenvalue weighted by atomic mass is 32.2. The lowest BCUT2D eigenvalue weighted by molar-refractivity contribution is -0.139. The van der Waals surface area contributed by atoms with Crippen molar-refractivity contribution >= 4 is 23.7 Å². The minimum Gasteiger partial charge on any atom is -0.481 e. The Bertz CT molecular complexity index is 445. The van der Waals surface area contributed by atoms with E-state index < -0.39 is 29.3 Å². The number of aliphatic carboxylic acids is 2. The highest BCUT2D eigenvalue weighted by Crippen LogP contribution is 2.20. The second-order valence-corrected chi connectivity index (χ2v) is 8.52. The molecule has 0 saturated heterocycles. The van der Waals surface area contributed by atoms with Crippen molar-refractivity contribution in [2.45, 2.75) is 101 Å². The first-order chi connectivity index (χ1) is 13.4. The minimum absolute atomic E-state index is 0.124. The van der Waals surface area contributed by atoms with Crippen LogP contribution in [0.2, 0.25) is 0 Å². The molecule has 0 saturated carbocycles. The SMILES string of the molecule is CCCCCCCCCCCCC=CC(SCC(N)C(=O)O)C(O)CC(=O)O. The molecule has 0 aliphatic rings. The van der Waals surface area contributed by atoms with Crippen molar-refractivity contribution in [2.75, 3.05) is 5.75 Å². The van der Waals surface area contributed by atoms with Crippen molar-refractivity contribution in [1.29, 1.82) is 0 Å². The first kappa shape index (κ1) is 27.0. The number of carboxylic acid groups (broad SMARTS) is 2. The lowest BCUT2D eigenvalue weighted by Crippen LogP contribution is -2.34. The maximum absolute atomic E-state index is 10.8. The Morgan fingerprint density at radius 2 is 1.50 bits per heavy atom. The third-order valence-corrected chi connectivity index (χ3v) is 6.01. The largest absolute Gasteiger partial charge is 0.481 e. The van der Waals surface area contributed by atoms with Crippen LogP contribution in [-0.4, -0.2) is 50.4 Å². The molecule has 0 bridgehead atoms. The van der Waals surface area contributed by atoms with Gasteiger partial charge in [-0.05, 0) is 12.8 Å². The summed E-state index contributed by atoms with van der Waals surface area (Å²) in [7, 11) is 0. The van der Waals surface area contributed by atoms with Crippen LogP contribution < -0.4 is 5.73 Å². The molecular formula is C21H39NO5S. The third kappa shape index (κ3) is 16.0. The zero-order chi connectivity index (χ0) is 21.2. The molecule has 0 fully saturated rings. The predicted molar refractivity (Wildman–Crippen MR) is 116 cm³/mol. The van der Waals surface area contributed by atoms with Gasteiger partial charge in [0.05, 0.1) is 12.5 Å². The summed E-state index contributed by atoms with van der Waals surface area (Å²) < 4.78 is 0. The fourth-order valence-electron chi connectivity index (χ4n) is 2.86. The molecule has 7 heteroatoms. The van der Waals surface area contributed by atoms with Crippen LogP contribution in [0.15, 0.2) is 12.2 Å². The van der Waals surface area contributed by atoms with E-state index in [0.717, 1.165) is 12.8 Å². The Morgan fingerprint density at radius 3 is 2.00 bits per heavy atom. The topological polar surface area (TPSA) is 121 Å². The van der Waals surface area contributed by atoms with Crippen LogP contribution in [-0.2, 0) is 9.59 Å². The van der Waals surface area contributed by atoms with E-state index in [1.165, 1.54) is 69.5 Å². The monoisotopic (exact) mass is 417 g/mol. The quantitative estimate of drug-likeness (QED) is 0.183. The Morgan fingerprint density at radius 1 is 0.964 bits per heavy atom. The highest BCUT2D eigenvalue weighted by molar-refractivity contribution is 8.00. The molecule has 3 atom stereocenters. The van der Waals surface area contributed by atoms with Gasteiger partial charge >= 0.3 is 11.9 Å². The van der Waals surface area contributed by atoms with Gasteiger partial charge in [0.25, 0.3) is 0 Å². The summed E-state index contributed by atoms with van der Waals surface area (Å²) in [4.78, 5) is 21.6. The lowest BCUT2D eigenvalue weighted by Gasteiger charge is -2.19. The minimum atomic E-state index is -1.10. The third-order valence-electron chi connectivity index (χ3n) is 4.60. The summed E-state index contributed by atoms with van der Waals surface area (Å²) in [5.74, 6) is -2.06. The molecule has 6 nitrogen and oxygen atoms in total. The van der Waals surface area contributed by atoms with Gasteiger partial charge in [0.2, 0.25) is 0 Å². The summed E-state index contributed by atoms with van der Waals surface area (Å²) in [5, 5.41) is 27.3. The summed E-state index contributed by atoms with van der Waals surface area (Å²) >= 11 is 1.18. The lowest BCUT2D eigenvalue weighted by atomic mass is 10.1. The van der Waals surface area contributed by atoms with Crippen LogP contribution in [0.25, 0.3) is 0 Å². The van der Waals surface area contributed by atoms with Crippen molar-refractivity contribution in [3.05, 3.63) is 12.2 Å². The number of hydrogen-bond acceptors (Lipinski definition) is 5. The van der Waals surface area contributed by atoms with Gasteiger partial charge in [-0.3, -0.25) is 9.59 Å². The first-order valence-electron chi connectivity index (χ1n) is 10.5. The average Bonchev–Trinajstić information content (AvgIpc) is 2.63. The number of nitrogens with two attached hydrogens (primary N) is 1. The number of allylic oxidation sites excluding steroid dienone is 1. The first-order valence-corrected chi connectivity index (χ1v) is 11.6. The van der Waals surface area contributed by atoms with Crippen molar-refractivity contribution in [1.82, 2.24) is 0 Å². The molecule has 164 valence electrons. The number of aliphatic hydroxyl groups is 1. The van der Waals surface area contributed by atoms with E-state index in [1.54, 1.807) is 6.08 Å². The number of rotatable bonds is 19. The summed E-state index contributed by atoms with van der Waals surface area (Å²) in [6, 6.07) is -1.03. The molecule has 0 amide bonds. The normalized spacial score (nSPS) is 14.8. The molecule has 3 unspecified atom stereocenters. The van der Waals surface area contributed by atoms with E-state index in [9.17, 15) is 14.7 Å². The zero-order valence-corrected chi connectivity index (χ0v) is 18.0. The number of aliphatic hydroxyl groups excluding tert-OH is 1. The number of carboxylic acids is 2. The van der Waals surface area contributed by atoms with Crippen molar-refractivity contribution < 1.29 is 24.9 Å². The van der Waals surface area contributed by atoms with Gasteiger partial charge in [0.1, 0.15) is 6.04 Å². The Balaban J connectivity index is 4.04. The number of carbonyl (C=O) groups is 2. The molecule has 0 heterocycles. The standard InChI is InChI=1S/C21H39NO5S/c1-2-3-4-5-6-7-8-9-10-11-12-13-14-19(18(23)15-20(24)25)28-16-17(22)21(26)27/h13-14,17-19,23H,2-12,15-16,22H2,1H3,(H,24,25)(H,26,27). The van der Waals surface area contributed by atoms with Crippen molar-refractivity contribution in [3.63, 3.8) is 0 Å².